The van der Waals surface area contributed by atoms with Crippen LogP contribution in [0.4, 0.5) is 5.69 Å². The van der Waals surface area contributed by atoms with Crippen LogP contribution >= 0.6 is 0 Å². The molecular weight excluding hydrogens is 316 g/mol. The van der Waals surface area contributed by atoms with Gasteiger partial charge in [0.15, 0.2) is 0 Å². The fourth-order valence-electron chi connectivity index (χ4n) is 2.48. The van der Waals surface area contributed by atoms with Gasteiger partial charge in [-0.1, -0.05) is 18.2 Å². The summed E-state index contributed by atoms with van der Waals surface area (Å²) in [5.74, 6) is -0.396. The van der Waals surface area contributed by atoms with Crippen LogP contribution in [0.25, 0.3) is 10.8 Å². The average Bonchev–Trinajstić information content (AvgIpc) is 2.48. The van der Waals surface area contributed by atoms with Gasteiger partial charge in [0.05, 0.1) is 17.5 Å². The molecule has 0 aliphatic carbocycles. The predicted molar refractivity (Wildman–Crippen MR) is 91.3 cm³/mol. The third-order valence-electron chi connectivity index (χ3n) is 3.61. The van der Waals surface area contributed by atoms with E-state index in [0.29, 0.717) is 29.5 Å². The van der Waals surface area contributed by atoms with Gasteiger partial charge in [0.1, 0.15) is 5.75 Å². The minimum Gasteiger partial charge on any atom is -0.506 e. The lowest BCUT2D eigenvalue weighted by Crippen LogP contribution is -2.30. The van der Waals surface area contributed by atoms with Crippen LogP contribution in [-0.2, 0) is 10.0 Å². The van der Waals surface area contributed by atoms with E-state index in [4.69, 9.17) is 0 Å². The first-order chi connectivity index (χ1) is 10.8. The van der Waals surface area contributed by atoms with Gasteiger partial charge < -0.3 is 10.0 Å². The molecule has 0 unspecified atom stereocenters. The Balaban J connectivity index is 2.58. The number of carbonyl (C=O) groups excluding carboxylic acids is 1. The van der Waals surface area contributed by atoms with Crippen molar-refractivity contribution in [3.63, 3.8) is 0 Å². The van der Waals surface area contributed by atoms with E-state index in [-0.39, 0.29) is 17.2 Å². The van der Waals surface area contributed by atoms with Gasteiger partial charge in [0.2, 0.25) is 10.0 Å². The van der Waals surface area contributed by atoms with E-state index in [0.717, 1.165) is 6.26 Å². The number of anilines is 1. The maximum atomic E-state index is 12.4. The van der Waals surface area contributed by atoms with Gasteiger partial charge in [0.25, 0.3) is 5.91 Å². The minimum absolute atomic E-state index is 0.142. The molecule has 2 rings (SSSR count). The van der Waals surface area contributed by atoms with E-state index in [1.807, 2.05) is 13.8 Å². The molecule has 6 nitrogen and oxygen atoms in total. The first-order valence-electron chi connectivity index (χ1n) is 7.30. The van der Waals surface area contributed by atoms with Gasteiger partial charge in [-0.15, -0.1) is 0 Å². The standard InChI is InChI=1S/C16H20N2O4S/c1-4-18(5-2)16(20)13-10-9-11-12(15(13)19)7-6-8-14(11)17-23(3,21)22/h6-10,17,19H,4-5H2,1-3H3. The summed E-state index contributed by atoms with van der Waals surface area (Å²) >= 11 is 0. The number of benzene rings is 2. The Morgan fingerprint density at radius 1 is 1.13 bits per heavy atom. The number of rotatable bonds is 5. The molecule has 0 radical (unpaired) electrons. The second kappa shape index (κ2) is 6.45. The normalized spacial score (nSPS) is 11.4. The number of hydrogen-bond donors (Lipinski definition) is 2. The monoisotopic (exact) mass is 336 g/mol. The lowest BCUT2D eigenvalue weighted by Gasteiger charge is -2.20. The fraction of sp³-hybridized carbons (Fsp3) is 0.312. The number of sulfonamides is 1. The summed E-state index contributed by atoms with van der Waals surface area (Å²) < 4.78 is 25.3. The second-order valence-corrected chi connectivity index (χ2v) is 6.96. The number of hydrogen-bond acceptors (Lipinski definition) is 4. The van der Waals surface area contributed by atoms with Crippen molar-refractivity contribution >= 4 is 32.4 Å². The van der Waals surface area contributed by atoms with Crippen molar-refractivity contribution in [2.24, 2.45) is 0 Å². The molecule has 2 N–H and O–H groups in total. The number of phenols is 1. The summed E-state index contributed by atoms with van der Waals surface area (Å²) in [7, 11) is -3.44. The summed E-state index contributed by atoms with van der Waals surface area (Å²) in [6.07, 6.45) is 1.06. The van der Waals surface area contributed by atoms with E-state index >= 15 is 0 Å². The quantitative estimate of drug-likeness (QED) is 0.878. The Bertz CT molecular complexity index is 843. The van der Waals surface area contributed by atoms with Gasteiger partial charge in [0, 0.05) is 23.9 Å². The van der Waals surface area contributed by atoms with Crippen molar-refractivity contribution in [2.45, 2.75) is 13.8 Å². The van der Waals surface area contributed by atoms with Crippen LogP contribution in [0.15, 0.2) is 30.3 Å². The van der Waals surface area contributed by atoms with Crippen LogP contribution in [0.5, 0.6) is 5.75 Å². The van der Waals surface area contributed by atoms with E-state index in [1.165, 1.54) is 6.07 Å². The van der Waals surface area contributed by atoms with E-state index < -0.39 is 10.0 Å². The first-order valence-corrected chi connectivity index (χ1v) is 9.19. The second-order valence-electron chi connectivity index (χ2n) is 5.21. The third kappa shape index (κ3) is 3.56. The molecule has 0 bridgehead atoms. The molecule has 0 fully saturated rings. The highest BCUT2D eigenvalue weighted by atomic mass is 32.2. The molecular formula is C16H20N2O4S. The highest BCUT2D eigenvalue weighted by Crippen LogP contribution is 2.34. The van der Waals surface area contributed by atoms with Crippen molar-refractivity contribution in [1.82, 2.24) is 4.90 Å². The molecule has 0 saturated heterocycles. The van der Waals surface area contributed by atoms with Gasteiger partial charge in [-0.05, 0) is 26.0 Å². The molecule has 2 aromatic rings. The highest BCUT2D eigenvalue weighted by Gasteiger charge is 2.19. The van der Waals surface area contributed by atoms with Crippen LogP contribution in [0.3, 0.4) is 0 Å². The smallest absolute Gasteiger partial charge is 0.257 e. The predicted octanol–water partition coefficient (Wildman–Crippen LogP) is 2.40. The minimum atomic E-state index is -3.44. The molecule has 0 spiro atoms. The zero-order chi connectivity index (χ0) is 17.2. The van der Waals surface area contributed by atoms with E-state index in [1.54, 1.807) is 29.2 Å². The summed E-state index contributed by atoms with van der Waals surface area (Å²) in [6, 6.07) is 8.04. The molecule has 0 heterocycles. The summed E-state index contributed by atoms with van der Waals surface area (Å²) in [4.78, 5) is 14.1. The largest absolute Gasteiger partial charge is 0.506 e. The van der Waals surface area contributed by atoms with E-state index in [9.17, 15) is 18.3 Å². The molecule has 0 saturated carbocycles. The van der Waals surface area contributed by atoms with Crippen LogP contribution < -0.4 is 4.72 Å². The first kappa shape index (κ1) is 17.1. The Labute approximate surface area is 135 Å². The van der Waals surface area contributed by atoms with Crippen LogP contribution in [-0.4, -0.2) is 43.7 Å². The van der Waals surface area contributed by atoms with Crippen molar-refractivity contribution in [2.75, 3.05) is 24.1 Å². The van der Waals surface area contributed by atoms with E-state index in [2.05, 4.69) is 4.72 Å². The molecule has 23 heavy (non-hydrogen) atoms. The van der Waals surface area contributed by atoms with Gasteiger partial charge in [-0.25, -0.2) is 8.42 Å². The molecule has 2 aromatic carbocycles. The zero-order valence-electron chi connectivity index (χ0n) is 13.3. The molecule has 1 amide bonds. The summed E-state index contributed by atoms with van der Waals surface area (Å²) in [5, 5.41) is 11.4. The summed E-state index contributed by atoms with van der Waals surface area (Å²) in [6.45, 7) is 4.83. The maximum absolute atomic E-state index is 12.4. The highest BCUT2D eigenvalue weighted by molar-refractivity contribution is 7.92. The molecule has 0 atom stereocenters. The topological polar surface area (TPSA) is 86.7 Å². The SMILES string of the molecule is CCN(CC)C(=O)c1ccc2c(NS(C)(=O)=O)cccc2c1O. The maximum Gasteiger partial charge on any atom is 0.257 e. The fourth-order valence-corrected chi connectivity index (χ4v) is 3.06. The Hall–Kier alpha value is -2.28. The number of nitrogens with zero attached hydrogens (tertiary/aromatic N) is 1. The van der Waals surface area contributed by atoms with Crippen molar-refractivity contribution in [3.8, 4) is 5.75 Å². The Morgan fingerprint density at radius 2 is 1.78 bits per heavy atom. The van der Waals surface area contributed by atoms with Gasteiger partial charge >= 0.3 is 0 Å². The Kier molecular flexibility index (Phi) is 4.79. The lowest BCUT2D eigenvalue weighted by atomic mass is 10.0. The molecule has 0 aromatic heterocycles. The number of fused-ring (bicyclic) bond motifs is 1. The summed E-state index contributed by atoms with van der Waals surface area (Å²) in [5.41, 5.74) is 0.569. The lowest BCUT2D eigenvalue weighted by molar-refractivity contribution is 0.0770. The number of phenolic OH excluding ortho intramolecular Hbond substituents is 1. The van der Waals surface area contributed by atoms with Gasteiger partial charge in [-0.2, -0.15) is 0 Å². The molecule has 124 valence electrons. The third-order valence-corrected chi connectivity index (χ3v) is 4.20. The van der Waals surface area contributed by atoms with Crippen molar-refractivity contribution in [3.05, 3.63) is 35.9 Å². The number of carbonyl (C=O) groups is 1. The zero-order valence-corrected chi connectivity index (χ0v) is 14.1. The van der Waals surface area contributed by atoms with Crippen LogP contribution in [0, 0.1) is 0 Å². The Morgan fingerprint density at radius 3 is 2.35 bits per heavy atom. The van der Waals surface area contributed by atoms with Crippen LogP contribution in [0.2, 0.25) is 0 Å². The number of nitrogens with one attached hydrogen (secondary N) is 1. The molecule has 0 aliphatic rings. The number of aromatic hydroxyl groups is 1. The molecule has 0 aliphatic heterocycles. The van der Waals surface area contributed by atoms with Crippen molar-refractivity contribution in [1.29, 1.82) is 0 Å². The average molecular weight is 336 g/mol. The number of amides is 1. The van der Waals surface area contributed by atoms with Crippen LogP contribution in [0.1, 0.15) is 24.2 Å². The molecule has 7 heteroatoms. The van der Waals surface area contributed by atoms with Crippen molar-refractivity contribution < 1.29 is 18.3 Å². The van der Waals surface area contributed by atoms with Gasteiger partial charge in [-0.3, -0.25) is 9.52 Å².